The summed E-state index contributed by atoms with van der Waals surface area (Å²) < 4.78 is 13.2. The number of halogens is 1. The molecule has 1 aromatic carbocycles. The largest absolute Gasteiger partial charge is 0.395 e. The van der Waals surface area contributed by atoms with Crippen molar-refractivity contribution < 1.29 is 14.3 Å². The zero-order valence-electron chi connectivity index (χ0n) is 10.6. The van der Waals surface area contributed by atoms with Crippen LogP contribution in [0.5, 0.6) is 0 Å². The third-order valence-corrected chi connectivity index (χ3v) is 3.18. The maximum Gasteiger partial charge on any atom is 0.227 e. The minimum Gasteiger partial charge on any atom is -0.395 e. The Morgan fingerprint density at radius 1 is 1.47 bits per heavy atom. The first-order valence-electron chi connectivity index (χ1n) is 6.41. The molecule has 0 aromatic heterocycles. The molecule has 0 unspecified atom stereocenters. The van der Waals surface area contributed by atoms with Crippen LogP contribution in [0.15, 0.2) is 18.2 Å². The first kappa shape index (κ1) is 13.6. The van der Waals surface area contributed by atoms with Crippen LogP contribution in [0.1, 0.15) is 31.2 Å². The molecule has 3 nitrogen and oxygen atoms in total. The molecule has 19 heavy (non-hydrogen) atoms. The molecule has 1 aliphatic carbocycles. The molecule has 1 fully saturated rings. The Balaban J connectivity index is 2.14. The third-order valence-electron chi connectivity index (χ3n) is 3.18. The monoisotopic (exact) mass is 261 g/mol. The molecule has 1 aliphatic rings. The fourth-order valence-corrected chi connectivity index (χ4v) is 1.85. The molecule has 0 atom stereocenters. The summed E-state index contributed by atoms with van der Waals surface area (Å²) in [5, 5.41) is 11.5. The van der Waals surface area contributed by atoms with Gasteiger partial charge in [0.25, 0.3) is 0 Å². The van der Waals surface area contributed by atoms with Crippen LogP contribution in [0.3, 0.4) is 0 Å². The lowest BCUT2D eigenvalue weighted by Crippen LogP contribution is -2.28. The van der Waals surface area contributed by atoms with E-state index in [1.807, 2.05) is 0 Å². The van der Waals surface area contributed by atoms with Crippen LogP contribution in [0.2, 0.25) is 0 Å². The molecule has 0 aliphatic heterocycles. The molecule has 0 spiro atoms. The highest BCUT2D eigenvalue weighted by Gasteiger charge is 2.25. The molecular formula is C15H16FNO2. The number of nitrogens with one attached hydrogen (secondary N) is 1. The van der Waals surface area contributed by atoms with Crippen LogP contribution in [0, 0.1) is 23.6 Å². The third kappa shape index (κ3) is 3.55. The SMILES string of the molecule is O=C(Nc1ccc(F)cc1C#CCCO)C1CCC1. The first-order valence-corrected chi connectivity index (χ1v) is 6.41. The number of rotatable bonds is 3. The van der Waals surface area contributed by atoms with Gasteiger partial charge in [-0.3, -0.25) is 4.79 Å². The van der Waals surface area contributed by atoms with Gasteiger partial charge in [-0.1, -0.05) is 18.3 Å². The normalized spacial score (nSPS) is 14.2. The second kappa shape index (κ2) is 6.35. The smallest absolute Gasteiger partial charge is 0.227 e. The fourth-order valence-electron chi connectivity index (χ4n) is 1.85. The van der Waals surface area contributed by atoms with Gasteiger partial charge >= 0.3 is 0 Å². The van der Waals surface area contributed by atoms with Crippen molar-refractivity contribution >= 4 is 11.6 Å². The van der Waals surface area contributed by atoms with E-state index in [1.54, 1.807) is 0 Å². The van der Waals surface area contributed by atoms with Crippen molar-refractivity contribution in [3.8, 4) is 11.8 Å². The molecule has 1 amide bonds. The summed E-state index contributed by atoms with van der Waals surface area (Å²) >= 11 is 0. The number of benzene rings is 1. The molecule has 2 rings (SSSR count). The molecule has 1 saturated carbocycles. The van der Waals surface area contributed by atoms with Crippen molar-refractivity contribution in [2.24, 2.45) is 5.92 Å². The number of hydrogen-bond acceptors (Lipinski definition) is 2. The summed E-state index contributed by atoms with van der Waals surface area (Å²) in [6.07, 6.45) is 3.24. The maximum atomic E-state index is 13.2. The number of carbonyl (C=O) groups is 1. The van der Waals surface area contributed by atoms with Gasteiger partial charge in [0.1, 0.15) is 5.82 Å². The average molecular weight is 261 g/mol. The van der Waals surface area contributed by atoms with Gasteiger partial charge < -0.3 is 10.4 Å². The molecule has 4 heteroatoms. The van der Waals surface area contributed by atoms with Gasteiger partial charge in [0.15, 0.2) is 0 Å². The van der Waals surface area contributed by atoms with Gasteiger partial charge in [0.2, 0.25) is 5.91 Å². The van der Waals surface area contributed by atoms with Crippen LogP contribution in [-0.4, -0.2) is 17.6 Å². The van der Waals surface area contributed by atoms with Crippen molar-refractivity contribution in [3.63, 3.8) is 0 Å². The zero-order valence-corrected chi connectivity index (χ0v) is 10.6. The average Bonchev–Trinajstić information content (AvgIpc) is 2.30. The van der Waals surface area contributed by atoms with E-state index in [0.29, 0.717) is 17.7 Å². The lowest BCUT2D eigenvalue weighted by atomic mass is 9.85. The molecule has 100 valence electrons. The predicted octanol–water partition coefficient (Wildman–Crippen LogP) is 2.30. The van der Waals surface area contributed by atoms with Gasteiger partial charge in [0, 0.05) is 12.3 Å². The number of amides is 1. The van der Waals surface area contributed by atoms with Crippen LogP contribution in [0.4, 0.5) is 10.1 Å². The van der Waals surface area contributed by atoms with Gasteiger partial charge in [0.05, 0.1) is 17.9 Å². The lowest BCUT2D eigenvalue weighted by molar-refractivity contribution is -0.122. The number of hydrogen-bond donors (Lipinski definition) is 2. The van der Waals surface area contributed by atoms with Gasteiger partial charge in [-0.25, -0.2) is 4.39 Å². The summed E-state index contributed by atoms with van der Waals surface area (Å²) in [7, 11) is 0. The van der Waals surface area contributed by atoms with Crippen molar-refractivity contribution in [1.82, 2.24) is 0 Å². The molecule has 2 N–H and O–H groups in total. The van der Waals surface area contributed by atoms with E-state index in [9.17, 15) is 9.18 Å². The Labute approximate surface area is 111 Å². The van der Waals surface area contributed by atoms with Gasteiger partial charge in [-0.05, 0) is 31.0 Å². The molecule has 1 aromatic rings. The van der Waals surface area contributed by atoms with Crippen molar-refractivity contribution in [3.05, 3.63) is 29.6 Å². The fraction of sp³-hybridized carbons (Fsp3) is 0.400. The Morgan fingerprint density at radius 2 is 2.26 bits per heavy atom. The van der Waals surface area contributed by atoms with E-state index in [-0.39, 0.29) is 18.4 Å². The Kier molecular flexibility index (Phi) is 4.53. The van der Waals surface area contributed by atoms with E-state index in [4.69, 9.17) is 5.11 Å². The van der Waals surface area contributed by atoms with E-state index >= 15 is 0 Å². The Bertz CT molecular complexity index is 527. The number of aliphatic hydroxyl groups is 1. The first-order chi connectivity index (χ1) is 9.20. The molecule has 0 saturated heterocycles. The van der Waals surface area contributed by atoms with E-state index in [1.165, 1.54) is 18.2 Å². The number of aliphatic hydroxyl groups excluding tert-OH is 1. The van der Waals surface area contributed by atoms with Crippen molar-refractivity contribution in [2.75, 3.05) is 11.9 Å². The maximum absolute atomic E-state index is 13.2. The predicted molar refractivity (Wildman–Crippen MR) is 71.0 cm³/mol. The summed E-state index contributed by atoms with van der Waals surface area (Å²) in [5.41, 5.74) is 0.977. The quantitative estimate of drug-likeness (QED) is 0.820. The zero-order chi connectivity index (χ0) is 13.7. The van der Waals surface area contributed by atoms with E-state index < -0.39 is 5.82 Å². The minimum atomic E-state index is -0.394. The molecular weight excluding hydrogens is 245 g/mol. The molecule has 0 heterocycles. The molecule has 0 radical (unpaired) electrons. The Hall–Kier alpha value is -1.86. The van der Waals surface area contributed by atoms with Crippen molar-refractivity contribution in [1.29, 1.82) is 0 Å². The second-order valence-electron chi connectivity index (χ2n) is 4.58. The summed E-state index contributed by atoms with van der Waals surface area (Å²) in [4.78, 5) is 11.9. The highest BCUT2D eigenvalue weighted by Crippen LogP contribution is 2.28. The molecule has 0 bridgehead atoms. The van der Waals surface area contributed by atoms with Gasteiger partial charge in [-0.15, -0.1) is 0 Å². The summed E-state index contributed by atoms with van der Waals surface area (Å²) in [6, 6.07) is 4.11. The number of carbonyl (C=O) groups excluding carboxylic acids is 1. The summed E-state index contributed by atoms with van der Waals surface area (Å²) in [6.45, 7) is -0.0356. The lowest BCUT2D eigenvalue weighted by Gasteiger charge is -2.24. The topological polar surface area (TPSA) is 49.3 Å². The summed E-state index contributed by atoms with van der Waals surface area (Å²) in [5.74, 6) is 5.16. The second-order valence-corrected chi connectivity index (χ2v) is 4.58. The Morgan fingerprint density at radius 3 is 2.89 bits per heavy atom. The van der Waals surface area contributed by atoms with Crippen LogP contribution < -0.4 is 5.32 Å². The number of anilines is 1. The van der Waals surface area contributed by atoms with Crippen LogP contribution in [-0.2, 0) is 4.79 Å². The van der Waals surface area contributed by atoms with Crippen LogP contribution in [0.25, 0.3) is 0 Å². The van der Waals surface area contributed by atoms with E-state index in [2.05, 4.69) is 17.2 Å². The minimum absolute atomic E-state index is 0.0249. The van der Waals surface area contributed by atoms with Crippen LogP contribution >= 0.6 is 0 Å². The standard InChI is InChI=1S/C15H16FNO2/c16-13-7-8-14(12(10-13)4-1-2-9-18)17-15(19)11-5-3-6-11/h7-8,10-11,18H,2-3,5-6,9H2,(H,17,19). The highest BCUT2D eigenvalue weighted by molar-refractivity contribution is 5.94. The highest BCUT2D eigenvalue weighted by atomic mass is 19.1. The van der Waals surface area contributed by atoms with E-state index in [0.717, 1.165) is 19.3 Å². The van der Waals surface area contributed by atoms with Gasteiger partial charge in [-0.2, -0.15) is 0 Å². The van der Waals surface area contributed by atoms with Crippen molar-refractivity contribution in [2.45, 2.75) is 25.7 Å².